The Balaban J connectivity index is 1.07. The fraction of sp³-hybridized carbons (Fsp3) is 0.0698. The molecule has 0 atom stereocenters. The Kier molecular flexibility index (Phi) is 5.19. The van der Waals surface area contributed by atoms with Gasteiger partial charge in [-0.05, 0) is 104 Å². The van der Waals surface area contributed by atoms with Gasteiger partial charge in [-0.2, -0.15) is 0 Å². The highest BCUT2D eigenvalue weighted by Crippen LogP contribution is 2.52. The summed E-state index contributed by atoms with van der Waals surface area (Å²) in [5.74, 6) is 0. The molecule has 0 radical (unpaired) electrons. The second kappa shape index (κ2) is 9.14. The van der Waals surface area contributed by atoms with Gasteiger partial charge in [0.15, 0.2) is 0 Å². The van der Waals surface area contributed by atoms with Crippen molar-refractivity contribution in [1.82, 2.24) is 0 Å². The van der Waals surface area contributed by atoms with Gasteiger partial charge >= 0.3 is 0 Å². The van der Waals surface area contributed by atoms with Crippen molar-refractivity contribution >= 4 is 73.8 Å². The Morgan fingerprint density at radius 3 is 1.58 bits per heavy atom. The third-order valence-electron chi connectivity index (χ3n) is 10.0. The summed E-state index contributed by atoms with van der Waals surface area (Å²) in [7, 11) is 0. The third kappa shape index (κ3) is 3.64. The van der Waals surface area contributed by atoms with Crippen LogP contribution < -0.4 is 0 Å². The maximum Gasteiger partial charge on any atom is 0.0355 e. The molecule has 1 aliphatic carbocycles. The van der Waals surface area contributed by atoms with Crippen LogP contribution in [0.4, 0.5) is 0 Å². The molecule has 0 unspecified atom stereocenters. The molecule has 0 saturated heterocycles. The van der Waals surface area contributed by atoms with Gasteiger partial charge in [0.1, 0.15) is 0 Å². The zero-order valence-corrected chi connectivity index (χ0v) is 26.7. The predicted molar refractivity (Wildman–Crippen MR) is 198 cm³/mol. The summed E-state index contributed by atoms with van der Waals surface area (Å²) in [5.41, 5.74) is 10.6. The summed E-state index contributed by atoms with van der Waals surface area (Å²) in [4.78, 5) is 0. The minimum atomic E-state index is -0.102. The minimum absolute atomic E-state index is 0.102. The summed E-state index contributed by atoms with van der Waals surface area (Å²) in [6.07, 6.45) is 0. The second-order valence-electron chi connectivity index (χ2n) is 12.9. The summed E-state index contributed by atoms with van der Waals surface area (Å²) in [6, 6.07) is 50.3. The van der Waals surface area contributed by atoms with Crippen LogP contribution >= 0.6 is 22.7 Å². The number of hydrogen-bond donors (Lipinski definition) is 0. The highest BCUT2D eigenvalue weighted by Gasteiger charge is 2.37. The first-order chi connectivity index (χ1) is 22.0. The topological polar surface area (TPSA) is 0 Å². The van der Waals surface area contributed by atoms with Gasteiger partial charge in [-0.25, -0.2) is 0 Å². The molecule has 9 aromatic rings. The van der Waals surface area contributed by atoms with E-state index in [-0.39, 0.29) is 5.41 Å². The van der Waals surface area contributed by atoms with E-state index >= 15 is 0 Å². The zero-order chi connectivity index (χ0) is 29.9. The normalized spacial score (nSPS) is 13.7. The van der Waals surface area contributed by atoms with Gasteiger partial charge in [0, 0.05) is 45.8 Å². The molecule has 212 valence electrons. The molecule has 1 aliphatic rings. The highest BCUT2D eigenvalue weighted by atomic mass is 32.1. The van der Waals surface area contributed by atoms with Gasteiger partial charge < -0.3 is 0 Å². The lowest BCUT2D eigenvalue weighted by Gasteiger charge is -2.24. The fourth-order valence-electron chi connectivity index (χ4n) is 7.83. The van der Waals surface area contributed by atoms with Crippen LogP contribution in [0.5, 0.6) is 0 Å². The van der Waals surface area contributed by atoms with E-state index < -0.39 is 0 Å². The highest BCUT2D eigenvalue weighted by molar-refractivity contribution is 7.26. The van der Waals surface area contributed by atoms with Crippen molar-refractivity contribution in [1.29, 1.82) is 0 Å². The quantitative estimate of drug-likeness (QED) is 0.183. The van der Waals surface area contributed by atoms with Crippen LogP contribution in [0.2, 0.25) is 0 Å². The largest absolute Gasteiger partial charge is 0.135 e. The smallest absolute Gasteiger partial charge is 0.0355 e. The van der Waals surface area contributed by atoms with Crippen LogP contribution in [0.15, 0.2) is 133 Å². The van der Waals surface area contributed by atoms with Gasteiger partial charge in [0.05, 0.1) is 0 Å². The standard InChI is InChI=1S/C43H28S2/c1-43(2)37-24-28(27-15-20-41-36(23-27)33-8-4-6-10-39(33)45-41)12-17-31(37)34-18-13-29-21-25(11-16-30(29)42(34)43)26-14-19-40-35(22-26)32-7-3-5-9-38(32)44-40/h3-24H,1-2H3. The molecule has 2 heterocycles. The van der Waals surface area contributed by atoms with Crippen molar-refractivity contribution in [2.24, 2.45) is 0 Å². The molecule has 0 bridgehead atoms. The van der Waals surface area contributed by atoms with Crippen LogP contribution in [0, 0.1) is 0 Å². The zero-order valence-electron chi connectivity index (χ0n) is 25.0. The Morgan fingerprint density at radius 2 is 0.911 bits per heavy atom. The van der Waals surface area contributed by atoms with Gasteiger partial charge in [0.25, 0.3) is 0 Å². The van der Waals surface area contributed by atoms with E-state index in [4.69, 9.17) is 0 Å². The number of hydrogen-bond acceptors (Lipinski definition) is 2. The van der Waals surface area contributed by atoms with Gasteiger partial charge in [-0.15, -0.1) is 22.7 Å². The molecule has 0 N–H and O–H groups in total. The van der Waals surface area contributed by atoms with E-state index in [9.17, 15) is 0 Å². The Morgan fingerprint density at radius 1 is 0.400 bits per heavy atom. The van der Waals surface area contributed by atoms with Crippen molar-refractivity contribution in [2.75, 3.05) is 0 Å². The molecular formula is C43H28S2. The molecular weight excluding hydrogens is 581 g/mol. The first-order valence-electron chi connectivity index (χ1n) is 15.6. The molecule has 0 nitrogen and oxygen atoms in total. The molecule has 2 aromatic heterocycles. The summed E-state index contributed by atoms with van der Waals surface area (Å²) < 4.78 is 5.40. The van der Waals surface area contributed by atoms with Crippen molar-refractivity contribution in [3.05, 3.63) is 145 Å². The average Bonchev–Trinajstić information content (AvgIpc) is 3.71. The van der Waals surface area contributed by atoms with Gasteiger partial charge in [-0.1, -0.05) is 98.8 Å². The van der Waals surface area contributed by atoms with Crippen molar-refractivity contribution in [3.8, 4) is 33.4 Å². The number of fused-ring (bicyclic) bond motifs is 11. The Labute approximate surface area is 269 Å². The van der Waals surface area contributed by atoms with Crippen molar-refractivity contribution in [2.45, 2.75) is 19.3 Å². The Bertz CT molecular complexity index is 2680. The lowest BCUT2D eigenvalue weighted by molar-refractivity contribution is 0.666. The Hall–Kier alpha value is -4.76. The maximum absolute atomic E-state index is 2.45. The van der Waals surface area contributed by atoms with E-state index in [0.29, 0.717) is 0 Å². The van der Waals surface area contributed by atoms with E-state index in [0.717, 1.165) is 0 Å². The van der Waals surface area contributed by atoms with Gasteiger partial charge in [0.2, 0.25) is 0 Å². The molecule has 0 amide bonds. The predicted octanol–water partition coefficient (Wildman–Crippen LogP) is 13.2. The molecule has 45 heavy (non-hydrogen) atoms. The van der Waals surface area contributed by atoms with E-state index in [1.807, 2.05) is 22.7 Å². The first kappa shape index (κ1) is 25.6. The molecule has 0 spiro atoms. The lowest BCUT2D eigenvalue weighted by atomic mass is 9.79. The lowest BCUT2D eigenvalue weighted by Crippen LogP contribution is -2.15. The molecule has 0 saturated carbocycles. The van der Waals surface area contributed by atoms with Crippen molar-refractivity contribution in [3.63, 3.8) is 0 Å². The molecule has 0 fully saturated rings. The number of benzene rings is 7. The van der Waals surface area contributed by atoms with Gasteiger partial charge in [-0.3, -0.25) is 0 Å². The summed E-state index contributed by atoms with van der Waals surface area (Å²) in [5, 5.41) is 8.05. The third-order valence-corrected chi connectivity index (χ3v) is 12.4. The summed E-state index contributed by atoms with van der Waals surface area (Å²) in [6.45, 7) is 4.81. The molecule has 2 heteroatoms. The minimum Gasteiger partial charge on any atom is -0.135 e. The fourth-order valence-corrected chi connectivity index (χ4v) is 10.0. The van der Waals surface area contributed by atoms with E-state index in [1.54, 1.807) is 0 Å². The van der Waals surface area contributed by atoms with Crippen LogP contribution in [-0.2, 0) is 5.41 Å². The van der Waals surface area contributed by atoms with Crippen LogP contribution in [-0.4, -0.2) is 0 Å². The van der Waals surface area contributed by atoms with Crippen LogP contribution in [0.3, 0.4) is 0 Å². The molecule has 7 aromatic carbocycles. The number of thiophene rings is 2. The summed E-state index contributed by atoms with van der Waals surface area (Å²) >= 11 is 3.76. The first-order valence-corrected chi connectivity index (χ1v) is 17.2. The number of rotatable bonds is 2. The van der Waals surface area contributed by atoms with Crippen molar-refractivity contribution < 1.29 is 0 Å². The second-order valence-corrected chi connectivity index (χ2v) is 15.1. The van der Waals surface area contributed by atoms with Crippen LogP contribution in [0.1, 0.15) is 25.0 Å². The average molecular weight is 609 g/mol. The van der Waals surface area contributed by atoms with E-state index in [2.05, 4.69) is 147 Å². The SMILES string of the molecule is CC1(C)c2cc(-c3ccc4sc5ccccc5c4c3)ccc2-c2ccc3cc(-c4ccc5sc6ccccc6c5c4)ccc3c21. The molecule has 0 aliphatic heterocycles. The van der Waals surface area contributed by atoms with E-state index in [1.165, 1.54) is 95.6 Å². The monoisotopic (exact) mass is 608 g/mol. The van der Waals surface area contributed by atoms with Crippen LogP contribution in [0.25, 0.3) is 84.5 Å². The molecule has 10 rings (SSSR count). The maximum atomic E-state index is 2.45.